The van der Waals surface area contributed by atoms with Gasteiger partial charge in [-0.15, -0.1) is 0 Å². The minimum atomic E-state index is 0.592. The summed E-state index contributed by atoms with van der Waals surface area (Å²) in [6.07, 6.45) is 0. The lowest BCUT2D eigenvalue weighted by atomic mass is 10.1. The van der Waals surface area contributed by atoms with Crippen molar-refractivity contribution in [2.24, 2.45) is 0 Å². The van der Waals surface area contributed by atoms with Crippen LogP contribution in [0.4, 0.5) is 0 Å². The van der Waals surface area contributed by atoms with Gasteiger partial charge in [-0.2, -0.15) is 0 Å². The topological polar surface area (TPSA) is 18.5 Å². The van der Waals surface area contributed by atoms with Crippen molar-refractivity contribution in [3.63, 3.8) is 0 Å². The molecule has 1 unspecified atom stereocenters. The van der Waals surface area contributed by atoms with Crippen LogP contribution in [0.2, 0.25) is 5.02 Å². The van der Waals surface area contributed by atoms with Crippen molar-refractivity contribution < 1.29 is 0 Å². The molecule has 1 saturated heterocycles. The van der Waals surface area contributed by atoms with Gasteiger partial charge in [0.1, 0.15) is 0 Å². The molecule has 1 aliphatic heterocycles. The third kappa shape index (κ3) is 4.43. The van der Waals surface area contributed by atoms with E-state index in [4.69, 9.17) is 11.6 Å². The molecule has 0 saturated carbocycles. The summed E-state index contributed by atoms with van der Waals surface area (Å²) in [7, 11) is 4.40. The zero-order valence-electron chi connectivity index (χ0n) is 11.5. The molecule has 1 aliphatic rings. The first-order valence-electron chi connectivity index (χ1n) is 6.59. The van der Waals surface area contributed by atoms with E-state index in [9.17, 15) is 0 Å². The maximum Gasteiger partial charge on any atom is 0.0548 e. The Labute approximate surface area is 129 Å². The number of nitrogens with zero attached hydrogens (tertiary/aromatic N) is 2. The van der Waals surface area contributed by atoms with Crippen LogP contribution in [0.5, 0.6) is 0 Å². The molecule has 2 rings (SSSR count). The fraction of sp³-hybridized carbons (Fsp3) is 0.571. The number of halogens is 2. The molecule has 5 heteroatoms. The van der Waals surface area contributed by atoms with Gasteiger partial charge in [-0.1, -0.05) is 17.7 Å². The van der Waals surface area contributed by atoms with Crippen molar-refractivity contribution in [1.29, 1.82) is 0 Å². The molecule has 0 aromatic heterocycles. The van der Waals surface area contributed by atoms with Crippen molar-refractivity contribution in [3.8, 4) is 0 Å². The van der Waals surface area contributed by atoms with Crippen molar-refractivity contribution in [1.82, 2.24) is 15.1 Å². The van der Waals surface area contributed by atoms with Crippen molar-refractivity contribution in [3.05, 3.63) is 33.3 Å². The molecule has 1 N–H and O–H groups in total. The highest BCUT2D eigenvalue weighted by molar-refractivity contribution is 9.10. The molecule has 1 fully saturated rings. The third-order valence-corrected chi connectivity index (χ3v) is 4.89. The standard InChI is InChI=1S/C14H21BrClN3/c1-18-5-6-19(2)12(10-18)9-17-8-11-3-4-14(16)13(15)7-11/h3-4,7,12,17H,5-6,8-10H2,1-2H3. The predicted octanol–water partition coefficient (Wildman–Crippen LogP) is 2.44. The molecule has 1 atom stereocenters. The van der Waals surface area contributed by atoms with Gasteiger partial charge in [0, 0.05) is 43.2 Å². The molecule has 1 aromatic rings. The van der Waals surface area contributed by atoms with Gasteiger partial charge in [-0.05, 0) is 47.7 Å². The summed E-state index contributed by atoms with van der Waals surface area (Å²) in [5, 5.41) is 4.30. The lowest BCUT2D eigenvalue weighted by Crippen LogP contribution is -2.53. The van der Waals surface area contributed by atoms with Gasteiger partial charge in [0.15, 0.2) is 0 Å². The van der Waals surface area contributed by atoms with E-state index >= 15 is 0 Å². The smallest absolute Gasteiger partial charge is 0.0548 e. The van der Waals surface area contributed by atoms with E-state index in [0.717, 1.165) is 42.2 Å². The highest BCUT2D eigenvalue weighted by atomic mass is 79.9. The van der Waals surface area contributed by atoms with Gasteiger partial charge in [0.25, 0.3) is 0 Å². The number of hydrogen-bond donors (Lipinski definition) is 1. The second-order valence-electron chi connectivity index (χ2n) is 5.28. The second kappa shape index (κ2) is 7.04. The van der Waals surface area contributed by atoms with Gasteiger partial charge in [0.2, 0.25) is 0 Å². The van der Waals surface area contributed by atoms with E-state index in [1.165, 1.54) is 5.56 Å². The van der Waals surface area contributed by atoms with Crippen LogP contribution in [0.1, 0.15) is 5.56 Å². The van der Waals surface area contributed by atoms with E-state index in [-0.39, 0.29) is 0 Å². The summed E-state index contributed by atoms with van der Waals surface area (Å²) < 4.78 is 0.961. The summed E-state index contributed by atoms with van der Waals surface area (Å²) >= 11 is 9.45. The molecular formula is C14H21BrClN3. The van der Waals surface area contributed by atoms with Gasteiger partial charge in [0.05, 0.1) is 5.02 Å². The molecule has 0 bridgehead atoms. The van der Waals surface area contributed by atoms with Crippen molar-refractivity contribution in [2.45, 2.75) is 12.6 Å². The van der Waals surface area contributed by atoms with Gasteiger partial charge in [-0.25, -0.2) is 0 Å². The number of rotatable bonds is 4. The lowest BCUT2D eigenvalue weighted by Gasteiger charge is -2.37. The molecule has 0 radical (unpaired) electrons. The summed E-state index contributed by atoms with van der Waals surface area (Å²) in [5.41, 5.74) is 1.25. The Morgan fingerprint density at radius 1 is 1.37 bits per heavy atom. The number of nitrogens with one attached hydrogen (secondary N) is 1. The molecule has 106 valence electrons. The Kier molecular flexibility index (Phi) is 5.66. The molecule has 1 aromatic carbocycles. The van der Waals surface area contributed by atoms with Gasteiger partial charge >= 0.3 is 0 Å². The predicted molar refractivity (Wildman–Crippen MR) is 84.8 cm³/mol. The maximum atomic E-state index is 5.99. The third-order valence-electron chi connectivity index (χ3n) is 3.67. The quantitative estimate of drug-likeness (QED) is 0.903. The largest absolute Gasteiger partial charge is 0.311 e. The molecule has 0 amide bonds. The molecule has 0 aliphatic carbocycles. The van der Waals surface area contributed by atoms with Crippen LogP contribution < -0.4 is 5.32 Å². The number of benzene rings is 1. The van der Waals surface area contributed by atoms with Gasteiger partial charge in [-0.3, -0.25) is 4.90 Å². The SMILES string of the molecule is CN1CCN(C)C(CNCc2ccc(Cl)c(Br)c2)C1. The average molecular weight is 347 g/mol. The molecule has 0 spiro atoms. The minimum Gasteiger partial charge on any atom is -0.311 e. The highest BCUT2D eigenvalue weighted by Gasteiger charge is 2.21. The Morgan fingerprint density at radius 2 is 2.16 bits per heavy atom. The van der Waals surface area contributed by atoms with E-state index in [1.54, 1.807) is 0 Å². The van der Waals surface area contributed by atoms with Crippen LogP contribution in [0.25, 0.3) is 0 Å². The zero-order valence-corrected chi connectivity index (χ0v) is 13.8. The maximum absolute atomic E-state index is 5.99. The van der Waals surface area contributed by atoms with Gasteiger partial charge < -0.3 is 10.2 Å². The van der Waals surface area contributed by atoms with Crippen molar-refractivity contribution in [2.75, 3.05) is 40.3 Å². The Bertz CT molecular complexity index is 427. The summed E-state index contributed by atoms with van der Waals surface area (Å²) in [5.74, 6) is 0. The second-order valence-corrected chi connectivity index (χ2v) is 6.54. The first-order valence-corrected chi connectivity index (χ1v) is 7.77. The summed E-state index contributed by atoms with van der Waals surface area (Å²) in [6, 6.07) is 6.67. The van der Waals surface area contributed by atoms with Crippen LogP contribution >= 0.6 is 27.5 Å². The summed E-state index contributed by atoms with van der Waals surface area (Å²) in [6.45, 7) is 5.34. The monoisotopic (exact) mass is 345 g/mol. The van der Waals surface area contributed by atoms with Crippen LogP contribution in [0.3, 0.4) is 0 Å². The zero-order chi connectivity index (χ0) is 13.8. The Hall–Kier alpha value is -0.130. The molecular weight excluding hydrogens is 326 g/mol. The van der Waals surface area contributed by atoms with E-state index in [0.29, 0.717) is 6.04 Å². The van der Waals surface area contributed by atoms with Crippen LogP contribution in [-0.4, -0.2) is 56.1 Å². The highest BCUT2D eigenvalue weighted by Crippen LogP contribution is 2.23. The van der Waals surface area contributed by atoms with E-state index < -0.39 is 0 Å². The number of likely N-dealkylation sites (N-methyl/N-ethyl adjacent to an activating group) is 2. The first kappa shape index (κ1) is 15.3. The normalized spacial score (nSPS) is 21.8. The molecule has 1 heterocycles. The fourth-order valence-electron chi connectivity index (χ4n) is 2.35. The van der Waals surface area contributed by atoms with Crippen LogP contribution in [0, 0.1) is 0 Å². The van der Waals surface area contributed by atoms with E-state index in [1.807, 2.05) is 6.07 Å². The summed E-state index contributed by atoms with van der Waals surface area (Å²) in [4.78, 5) is 4.83. The molecule has 19 heavy (non-hydrogen) atoms. The lowest BCUT2D eigenvalue weighted by molar-refractivity contribution is 0.113. The fourth-order valence-corrected chi connectivity index (χ4v) is 2.90. The van der Waals surface area contributed by atoms with Crippen LogP contribution in [0.15, 0.2) is 22.7 Å². The Morgan fingerprint density at radius 3 is 2.89 bits per heavy atom. The minimum absolute atomic E-state index is 0.592. The number of piperazine rings is 1. The van der Waals surface area contributed by atoms with Crippen molar-refractivity contribution >= 4 is 27.5 Å². The molecule has 3 nitrogen and oxygen atoms in total. The average Bonchev–Trinajstić information content (AvgIpc) is 2.38. The van der Waals surface area contributed by atoms with Crippen LogP contribution in [-0.2, 0) is 6.54 Å². The van der Waals surface area contributed by atoms with E-state index in [2.05, 4.69) is 57.3 Å². The number of hydrogen-bond acceptors (Lipinski definition) is 3. The Balaban J connectivity index is 1.80. The first-order chi connectivity index (χ1) is 9.06.